The predicted octanol–water partition coefficient (Wildman–Crippen LogP) is 2.39. The van der Waals surface area contributed by atoms with Gasteiger partial charge in [-0.1, -0.05) is 0 Å². The number of rotatable bonds is 4. The van der Waals surface area contributed by atoms with E-state index in [1.54, 1.807) is 36.7 Å². The first-order valence-electron chi connectivity index (χ1n) is 7.39. The molecule has 11 heteroatoms. The van der Waals surface area contributed by atoms with Gasteiger partial charge in [-0.2, -0.15) is 14.5 Å². The fraction of sp³-hybridized carbons (Fsp3) is 0.0667. The molecule has 9 nitrogen and oxygen atoms in total. The molecule has 0 bridgehead atoms. The third-order valence-corrected chi connectivity index (χ3v) is 4.25. The Morgan fingerprint density at radius 3 is 2.81 bits per heavy atom. The second-order valence-electron chi connectivity index (χ2n) is 5.18. The van der Waals surface area contributed by atoms with Crippen LogP contribution in [0.25, 0.3) is 17.1 Å². The van der Waals surface area contributed by atoms with Gasteiger partial charge in [0.2, 0.25) is 5.89 Å². The fourth-order valence-corrected chi connectivity index (χ4v) is 2.89. The first-order valence-corrected chi connectivity index (χ1v) is 8.74. The molecule has 0 unspecified atom stereocenters. The molecule has 0 fully saturated rings. The Bertz CT molecular complexity index is 1180. The van der Waals surface area contributed by atoms with Crippen LogP contribution in [0, 0.1) is 11.8 Å². The summed E-state index contributed by atoms with van der Waals surface area (Å²) < 4.78 is 7.76. The van der Waals surface area contributed by atoms with Gasteiger partial charge in [-0.25, -0.2) is 14.9 Å². The lowest BCUT2D eigenvalue weighted by atomic mass is 10.2. The van der Waals surface area contributed by atoms with Crippen LogP contribution in [0.1, 0.15) is 11.5 Å². The number of thiazole rings is 1. The zero-order valence-electron chi connectivity index (χ0n) is 13.4. The molecule has 0 atom stereocenters. The summed E-state index contributed by atoms with van der Waals surface area (Å²) in [6.45, 7) is 1.71. The summed E-state index contributed by atoms with van der Waals surface area (Å²) in [5.41, 5.74) is 3.33. The Hall–Kier alpha value is -3.18. The maximum Gasteiger partial charge on any atom is 0.371 e. The maximum absolute atomic E-state index is 12.6. The molecule has 130 valence electrons. The Morgan fingerprint density at radius 2 is 2.15 bits per heavy atom. The summed E-state index contributed by atoms with van der Waals surface area (Å²) in [6, 6.07) is 7.02. The SMILES string of the molecule is Cc1nn(-c2ccc(-c3n[nH]c(=S)o3)cc2)c(=O)n1/N=C/c1cscn1. The average molecular weight is 385 g/mol. The van der Waals surface area contributed by atoms with Crippen molar-refractivity contribution < 1.29 is 4.42 Å². The van der Waals surface area contributed by atoms with E-state index in [4.69, 9.17) is 16.6 Å². The molecule has 0 aliphatic carbocycles. The van der Waals surface area contributed by atoms with Crippen LogP contribution < -0.4 is 5.69 Å². The predicted molar refractivity (Wildman–Crippen MR) is 98.3 cm³/mol. The van der Waals surface area contributed by atoms with Gasteiger partial charge < -0.3 is 4.42 Å². The molecule has 1 aromatic carbocycles. The van der Waals surface area contributed by atoms with Crippen molar-refractivity contribution in [2.24, 2.45) is 5.10 Å². The van der Waals surface area contributed by atoms with Gasteiger partial charge in [-0.05, 0) is 43.4 Å². The highest BCUT2D eigenvalue weighted by Crippen LogP contribution is 2.18. The lowest BCUT2D eigenvalue weighted by Gasteiger charge is -2.00. The highest BCUT2D eigenvalue weighted by Gasteiger charge is 2.12. The molecule has 0 aliphatic rings. The molecule has 4 aromatic rings. The van der Waals surface area contributed by atoms with E-state index >= 15 is 0 Å². The Balaban J connectivity index is 1.67. The Kier molecular flexibility index (Phi) is 4.14. The molecule has 0 spiro atoms. The molecule has 0 saturated heterocycles. The van der Waals surface area contributed by atoms with Gasteiger partial charge in [-0.3, -0.25) is 0 Å². The quantitative estimate of drug-likeness (QED) is 0.427. The molecule has 0 amide bonds. The largest absolute Gasteiger partial charge is 0.409 e. The summed E-state index contributed by atoms with van der Waals surface area (Å²) in [4.78, 5) is 16.9. The number of H-pyrrole nitrogens is 1. The molecule has 26 heavy (non-hydrogen) atoms. The van der Waals surface area contributed by atoms with Crippen LogP contribution in [-0.4, -0.2) is 35.9 Å². The Morgan fingerprint density at radius 1 is 1.35 bits per heavy atom. The second kappa shape index (κ2) is 6.61. The third kappa shape index (κ3) is 3.05. The van der Waals surface area contributed by atoms with E-state index in [1.807, 2.05) is 5.38 Å². The van der Waals surface area contributed by atoms with Crippen molar-refractivity contribution in [3.05, 3.63) is 62.0 Å². The number of nitrogens with zero attached hydrogens (tertiary/aromatic N) is 6. The van der Waals surface area contributed by atoms with Crippen molar-refractivity contribution in [2.75, 3.05) is 0 Å². The van der Waals surface area contributed by atoms with Crippen molar-refractivity contribution in [1.82, 2.24) is 29.6 Å². The van der Waals surface area contributed by atoms with E-state index < -0.39 is 0 Å². The standard InChI is InChI=1S/C15H11N7O2S2/c1-9-20-22(15(23)21(9)17-6-11-7-26-8-16-11)12-4-2-10(3-5-12)13-18-19-14(25)24-13/h2-8H,1H3,(H,19,25)/b17-6+. The second-order valence-corrected chi connectivity index (χ2v) is 6.27. The first-order chi connectivity index (χ1) is 12.6. The fourth-order valence-electron chi connectivity index (χ4n) is 2.26. The topological polar surface area (TPSA) is 107 Å². The molecular formula is C15H11N7O2S2. The summed E-state index contributed by atoms with van der Waals surface area (Å²) in [6.07, 6.45) is 1.52. The lowest BCUT2D eigenvalue weighted by molar-refractivity contribution is 0.552. The van der Waals surface area contributed by atoms with Gasteiger partial charge in [0, 0.05) is 10.9 Å². The van der Waals surface area contributed by atoms with Crippen molar-refractivity contribution in [1.29, 1.82) is 0 Å². The monoisotopic (exact) mass is 385 g/mol. The zero-order chi connectivity index (χ0) is 18.1. The summed E-state index contributed by atoms with van der Waals surface area (Å²) in [7, 11) is 0. The molecule has 1 N–H and O–H groups in total. The molecule has 0 saturated carbocycles. The summed E-state index contributed by atoms with van der Waals surface area (Å²) in [5, 5.41) is 16.8. The number of aromatic amines is 1. The maximum atomic E-state index is 12.6. The van der Waals surface area contributed by atoms with Crippen LogP contribution in [0.15, 0.2) is 49.5 Å². The zero-order valence-corrected chi connectivity index (χ0v) is 15.0. The van der Waals surface area contributed by atoms with Crippen LogP contribution in [0.3, 0.4) is 0 Å². The minimum Gasteiger partial charge on any atom is -0.409 e. The number of hydrogen-bond donors (Lipinski definition) is 1. The smallest absolute Gasteiger partial charge is 0.371 e. The van der Waals surface area contributed by atoms with Crippen LogP contribution in [0.2, 0.25) is 0 Å². The van der Waals surface area contributed by atoms with E-state index in [0.717, 1.165) is 5.56 Å². The minimum atomic E-state index is -0.376. The van der Waals surface area contributed by atoms with Crippen molar-refractivity contribution in [2.45, 2.75) is 6.92 Å². The summed E-state index contributed by atoms with van der Waals surface area (Å²) in [5.74, 6) is 0.840. The molecule has 4 rings (SSSR count). The van der Waals surface area contributed by atoms with Gasteiger partial charge >= 0.3 is 5.69 Å². The van der Waals surface area contributed by atoms with E-state index in [9.17, 15) is 4.79 Å². The van der Waals surface area contributed by atoms with Crippen molar-refractivity contribution >= 4 is 29.8 Å². The van der Waals surface area contributed by atoms with Gasteiger partial charge in [0.15, 0.2) is 5.82 Å². The van der Waals surface area contributed by atoms with Crippen LogP contribution in [0.5, 0.6) is 0 Å². The van der Waals surface area contributed by atoms with Gasteiger partial charge in [-0.15, -0.1) is 21.5 Å². The minimum absolute atomic E-state index is 0.202. The van der Waals surface area contributed by atoms with Crippen molar-refractivity contribution in [3.63, 3.8) is 0 Å². The van der Waals surface area contributed by atoms with E-state index in [1.165, 1.54) is 26.9 Å². The van der Waals surface area contributed by atoms with Crippen LogP contribution in [-0.2, 0) is 0 Å². The number of hydrogen-bond acceptors (Lipinski definition) is 8. The highest BCUT2D eigenvalue weighted by atomic mass is 32.1. The first kappa shape index (κ1) is 16.3. The van der Waals surface area contributed by atoms with Crippen LogP contribution >= 0.6 is 23.6 Å². The van der Waals surface area contributed by atoms with E-state index in [-0.39, 0.29) is 10.5 Å². The Labute approximate surface area is 155 Å². The lowest BCUT2D eigenvalue weighted by Crippen LogP contribution is -2.21. The number of benzene rings is 1. The molecule has 0 aliphatic heterocycles. The summed E-state index contributed by atoms with van der Waals surface area (Å²) >= 11 is 6.32. The average Bonchev–Trinajstić information content (AvgIpc) is 3.36. The van der Waals surface area contributed by atoms with Gasteiger partial charge in [0.1, 0.15) is 0 Å². The van der Waals surface area contributed by atoms with E-state index in [0.29, 0.717) is 23.1 Å². The number of aromatic nitrogens is 6. The van der Waals surface area contributed by atoms with Crippen LogP contribution in [0.4, 0.5) is 0 Å². The van der Waals surface area contributed by atoms with E-state index in [2.05, 4.69) is 25.4 Å². The van der Waals surface area contributed by atoms with Crippen molar-refractivity contribution in [3.8, 4) is 17.1 Å². The normalized spacial score (nSPS) is 11.4. The van der Waals surface area contributed by atoms with Gasteiger partial charge in [0.25, 0.3) is 4.84 Å². The number of nitrogens with one attached hydrogen (secondary N) is 1. The molecule has 0 radical (unpaired) electrons. The van der Waals surface area contributed by atoms with Gasteiger partial charge in [0.05, 0.1) is 23.1 Å². The highest BCUT2D eigenvalue weighted by molar-refractivity contribution is 7.71. The molecule has 3 aromatic heterocycles. The number of aryl methyl sites for hydroxylation is 1. The third-order valence-electron chi connectivity index (χ3n) is 3.47. The molecular weight excluding hydrogens is 374 g/mol. The molecule has 3 heterocycles.